The van der Waals surface area contributed by atoms with Gasteiger partial charge in [0.2, 0.25) is 15.9 Å². The number of carbonyl (C=O) groups is 1. The molecule has 0 unspecified atom stereocenters. The van der Waals surface area contributed by atoms with Gasteiger partial charge in [-0.3, -0.25) is 4.79 Å². The normalized spacial score (nSPS) is 12.4. The van der Waals surface area contributed by atoms with Crippen LogP contribution in [0, 0.1) is 0 Å². The topological polar surface area (TPSA) is 115 Å². The minimum atomic E-state index is -3.83. The fourth-order valence-corrected chi connectivity index (χ4v) is 4.03. The monoisotopic (exact) mass is 415 g/mol. The van der Waals surface area contributed by atoms with Crippen molar-refractivity contribution in [1.82, 2.24) is 19.5 Å². The highest BCUT2D eigenvalue weighted by Gasteiger charge is 2.20. The van der Waals surface area contributed by atoms with Gasteiger partial charge in [-0.15, -0.1) is 0 Å². The molecule has 0 saturated heterocycles. The lowest BCUT2D eigenvalue weighted by Crippen LogP contribution is -2.27. The lowest BCUT2D eigenvalue weighted by molar-refractivity contribution is -0.114. The Morgan fingerprint density at radius 1 is 1.17 bits per heavy atom. The Bertz CT molecular complexity index is 1100. The number of aromatic nitrogens is 3. The first-order valence-corrected chi connectivity index (χ1v) is 10.2. The van der Waals surface area contributed by atoms with Crippen molar-refractivity contribution in [2.45, 2.75) is 24.8 Å². The van der Waals surface area contributed by atoms with Crippen molar-refractivity contribution in [2.24, 2.45) is 0 Å². The van der Waals surface area contributed by atoms with Crippen LogP contribution >= 0.6 is 0 Å². The lowest BCUT2D eigenvalue weighted by Gasteiger charge is -2.16. The molecule has 1 aromatic heterocycles. The number of anilines is 1. The number of carbonyl (C=O) groups excluding carboxylic acids is 1. The second kappa shape index (κ2) is 8.41. The molecule has 0 spiro atoms. The number of sulfonamides is 1. The molecule has 3 rings (SSSR count). The Morgan fingerprint density at radius 2 is 1.90 bits per heavy atom. The lowest BCUT2D eigenvalue weighted by atomic mass is 10.1. The molecule has 0 aliphatic rings. The van der Waals surface area contributed by atoms with Crippen LogP contribution in [-0.2, 0) is 14.8 Å². The molecule has 10 heteroatoms. The number of nitrogens with zero attached hydrogens (tertiary/aromatic N) is 3. The van der Waals surface area contributed by atoms with Crippen molar-refractivity contribution in [3.05, 3.63) is 60.7 Å². The summed E-state index contributed by atoms with van der Waals surface area (Å²) in [4.78, 5) is 15.3. The van der Waals surface area contributed by atoms with Crippen molar-refractivity contribution in [3.63, 3.8) is 0 Å². The van der Waals surface area contributed by atoms with Gasteiger partial charge in [-0.1, -0.05) is 12.1 Å². The van der Waals surface area contributed by atoms with Crippen LogP contribution < -0.4 is 14.8 Å². The molecule has 0 aliphatic carbocycles. The third kappa shape index (κ3) is 4.79. The van der Waals surface area contributed by atoms with Crippen LogP contribution in [0.1, 0.15) is 25.5 Å². The minimum Gasteiger partial charge on any atom is -0.495 e. The molecule has 2 aromatic carbocycles. The fraction of sp³-hybridized carbons (Fsp3) is 0.211. The van der Waals surface area contributed by atoms with E-state index in [9.17, 15) is 13.2 Å². The van der Waals surface area contributed by atoms with Crippen LogP contribution in [0.15, 0.2) is 60.0 Å². The van der Waals surface area contributed by atoms with E-state index < -0.39 is 16.1 Å². The number of ether oxygens (including phenoxy) is 1. The molecule has 1 heterocycles. The summed E-state index contributed by atoms with van der Waals surface area (Å²) in [6.45, 7) is 3.09. The molecule has 0 fully saturated rings. The number of hydrogen-bond donors (Lipinski definition) is 2. The molecule has 0 bridgehead atoms. The third-order valence-corrected chi connectivity index (χ3v) is 5.74. The van der Waals surface area contributed by atoms with Gasteiger partial charge in [0.1, 0.15) is 18.4 Å². The van der Waals surface area contributed by atoms with E-state index in [1.54, 1.807) is 17.9 Å². The average molecular weight is 415 g/mol. The van der Waals surface area contributed by atoms with Gasteiger partial charge < -0.3 is 10.1 Å². The zero-order valence-electron chi connectivity index (χ0n) is 16.2. The molecule has 152 valence electrons. The largest absolute Gasteiger partial charge is 0.495 e. The first kappa shape index (κ1) is 20.5. The Morgan fingerprint density at radius 3 is 2.48 bits per heavy atom. The number of nitrogens with one attached hydrogen (secondary N) is 2. The molecule has 0 saturated carbocycles. The average Bonchev–Trinajstić information content (AvgIpc) is 3.22. The standard InChI is InChI=1S/C19H21N5O4S/c1-13(15-4-6-16(7-5-15)24-12-20-11-21-24)23-29(26,27)17-8-9-19(28-3)18(10-17)22-14(2)25/h4-13,23H,1-3H3,(H,22,25)/t13-/m1/s1. The van der Waals surface area contributed by atoms with Crippen LogP contribution in [0.5, 0.6) is 5.75 Å². The highest BCUT2D eigenvalue weighted by molar-refractivity contribution is 7.89. The smallest absolute Gasteiger partial charge is 0.241 e. The summed E-state index contributed by atoms with van der Waals surface area (Å²) < 4.78 is 35.1. The minimum absolute atomic E-state index is 0.0214. The van der Waals surface area contributed by atoms with Gasteiger partial charge in [-0.2, -0.15) is 5.10 Å². The van der Waals surface area contributed by atoms with Crippen molar-refractivity contribution in [1.29, 1.82) is 0 Å². The van der Waals surface area contributed by atoms with Crippen molar-refractivity contribution < 1.29 is 17.9 Å². The SMILES string of the molecule is COc1ccc(S(=O)(=O)N[C@H](C)c2ccc(-n3cncn3)cc2)cc1NC(C)=O. The summed E-state index contributed by atoms with van der Waals surface area (Å²) in [5.41, 5.74) is 1.89. The maximum Gasteiger partial charge on any atom is 0.241 e. The van der Waals surface area contributed by atoms with E-state index in [0.29, 0.717) is 5.75 Å². The summed E-state index contributed by atoms with van der Waals surface area (Å²) >= 11 is 0. The summed E-state index contributed by atoms with van der Waals surface area (Å²) in [5, 5.41) is 6.63. The van der Waals surface area contributed by atoms with Crippen LogP contribution in [0.4, 0.5) is 5.69 Å². The van der Waals surface area contributed by atoms with Crippen LogP contribution in [-0.4, -0.2) is 36.2 Å². The second-order valence-corrected chi connectivity index (χ2v) is 8.03. The highest BCUT2D eigenvalue weighted by Crippen LogP contribution is 2.28. The summed E-state index contributed by atoms with van der Waals surface area (Å²) in [6.07, 6.45) is 3.02. The Labute approximate surface area is 168 Å². The predicted octanol–water partition coefficient (Wildman–Crippen LogP) is 2.27. The molecule has 0 radical (unpaired) electrons. The van der Waals surface area contributed by atoms with Gasteiger partial charge >= 0.3 is 0 Å². The molecule has 9 nitrogen and oxygen atoms in total. The first-order chi connectivity index (χ1) is 13.8. The van der Waals surface area contributed by atoms with E-state index >= 15 is 0 Å². The van der Waals surface area contributed by atoms with Gasteiger partial charge in [-0.25, -0.2) is 22.8 Å². The number of benzene rings is 2. The molecule has 2 N–H and O–H groups in total. The van der Waals surface area contributed by atoms with Crippen LogP contribution in [0.2, 0.25) is 0 Å². The Balaban J connectivity index is 1.80. The zero-order chi connectivity index (χ0) is 21.0. The number of amides is 1. The van der Waals surface area contributed by atoms with Gasteiger partial charge in [-0.05, 0) is 42.8 Å². The quantitative estimate of drug-likeness (QED) is 0.612. The van der Waals surface area contributed by atoms with E-state index in [0.717, 1.165) is 11.3 Å². The van der Waals surface area contributed by atoms with E-state index in [2.05, 4.69) is 20.1 Å². The number of rotatable bonds is 7. The molecule has 1 amide bonds. The molecule has 1 atom stereocenters. The zero-order valence-corrected chi connectivity index (χ0v) is 17.0. The molecular formula is C19H21N5O4S. The van der Waals surface area contributed by atoms with Crippen molar-refractivity contribution in [3.8, 4) is 11.4 Å². The predicted molar refractivity (Wildman–Crippen MR) is 107 cm³/mol. The van der Waals surface area contributed by atoms with Gasteiger partial charge in [0, 0.05) is 13.0 Å². The van der Waals surface area contributed by atoms with Crippen LogP contribution in [0.3, 0.4) is 0 Å². The first-order valence-electron chi connectivity index (χ1n) is 8.73. The Hall–Kier alpha value is -3.24. The van der Waals surface area contributed by atoms with E-state index in [1.165, 1.54) is 38.6 Å². The molecule has 3 aromatic rings. The third-order valence-electron chi connectivity index (χ3n) is 4.20. The highest BCUT2D eigenvalue weighted by atomic mass is 32.2. The van der Waals surface area contributed by atoms with E-state index in [4.69, 9.17) is 4.74 Å². The molecule has 29 heavy (non-hydrogen) atoms. The maximum absolute atomic E-state index is 12.8. The van der Waals surface area contributed by atoms with Gasteiger partial charge in [0.25, 0.3) is 0 Å². The Kier molecular flexibility index (Phi) is 5.95. The number of methoxy groups -OCH3 is 1. The molecule has 0 aliphatic heterocycles. The van der Waals surface area contributed by atoms with Gasteiger partial charge in [0.05, 0.1) is 23.4 Å². The summed E-state index contributed by atoms with van der Waals surface area (Å²) in [7, 11) is -2.39. The van der Waals surface area contributed by atoms with E-state index in [1.807, 2.05) is 24.3 Å². The summed E-state index contributed by atoms with van der Waals surface area (Å²) in [6, 6.07) is 11.1. The number of hydrogen-bond acceptors (Lipinski definition) is 6. The summed E-state index contributed by atoms with van der Waals surface area (Å²) in [5.74, 6) is 0.0440. The molecular weight excluding hydrogens is 394 g/mol. The van der Waals surface area contributed by atoms with Crippen molar-refractivity contribution >= 4 is 21.6 Å². The fourth-order valence-electron chi connectivity index (χ4n) is 2.77. The van der Waals surface area contributed by atoms with Gasteiger partial charge in [0.15, 0.2) is 0 Å². The van der Waals surface area contributed by atoms with Crippen molar-refractivity contribution in [2.75, 3.05) is 12.4 Å². The second-order valence-electron chi connectivity index (χ2n) is 6.32. The maximum atomic E-state index is 12.8. The van der Waals surface area contributed by atoms with Crippen LogP contribution in [0.25, 0.3) is 5.69 Å². The van der Waals surface area contributed by atoms with E-state index in [-0.39, 0.29) is 16.5 Å².